The molecule has 1 aromatic heterocycles. The SMILES string of the molecule is COC1(c2noc(-c3cccc(CN)c3)n2)CCOCC1. The van der Waals surface area contributed by atoms with Crippen LogP contribution in [0.5, 0.6) is 0 Å². The first-order valence-corrected chi connectivity index (χ1v) is 7.04. The van der Waals surface area contributed by atoms with Gasteiger partial charge >= 0.3 is 0 Å². The van der Waals surface area contributed by atoms with Crippen LogP contribution in [0.2, 0.25) is 0 Å². The third kappa shape index (κ3) is 2.70. The molecule has 1 aliphatic heterocycles. The summed E-state index contributed by atoms with van der Waals surface area (Å²) in [5.41, 5.74) is 7.05. The van der Waals surface area contributed by atoms with Gasteiger partial charge in [-0.3, -0.25) is 0 Å². The van der Waals surface area contributed by atoms with E-state index in [-0.39, 0.29) is 0 Å². The number of nitrogens with zero attached hydrogens (tertiary/aromatic N) is 2. The molecule has 0 unspecified atom stereocenters. The highest BCUT2D eigenvalue weighted by Crippen LogP contribution is 2.34. The molecule has 1 aromatic carbocycles. The van der Waals surface area contributed by atoms with E-state index in [0.29, 0.717) is 31.5 Å². The van der Waals surface area contributed by atoms with Crippen molar-refractivity contribution in [2.45, 2.75) is 25.0 Å². The summed E-state index contributed by atoms with van der Waals surface area (Å²) in [7, 11) is 1.68. The number of nitrogens with two attached hydrogens (primary N) is 1. The number of hydrogen-bond donors (Lipinski definition) is 1. The predicted molar refractivity (Wildman–Crippen MR) is 76.4 cm³/mol. The smallest absolute Gasteiger partial charge is 0.258 e. The fourth-order valence-electron chi connectivity index (χ4n) is 2.58. The van der Waals surface area contributed by atoms with Crippen LogP contribution >= 0.6 is 0 Å². The molecule has 0 amide bonds. The Morgan fingerprint density at radius 1 is 1.33 bits per heavy atom. The molecular weight excluding hydrogens is 270 g/mol. The highest BCUT2D eigenvalue weighted by atomic mass is 16.5. The normalized spacial score (nSPS) is 17.8. The lowest BCUT2D eigenvalue weighted by molar-refractivity contribution is -0.101. The van der Waals surface area contributed by atoms with E-state index >= 15 is 0 Å². The van der Waals surface area contributed by atoms with Crippen molar-refractivity contribution in [1.29, 1.82) is 0 Å². The summed E-state index contributed by atoms with van der Waals surface area (Å²) in [4.78, 5) is 4.52. The maximum absolute atomic E-state index is 5.67. The largest absolute Gasteiger partial charge is 0.381 e. The molecule has 112 valence electrons. The summed E-state index contributed by atoms with van der Waals surface area (Å²) in [5, 5.41) is 4.12. The second kappa shape index (κ2) is 5.93. The summed E-state index contributed by atoms with van der Waals surface area (Å²) in [6.07, 6.45) is 1.45. The van der Waals surface area contributed by atoms with E-state index in [2.05, 4.69) is 10.1 Å². The zero-order valence-electron chi connectivity index (χ0n) is 12.0. The molecule has 3 rings (SSSR count). The highest BCUT2D eigenvalue weighted by molar-refractivity contribution is 5.54. The van der Waals surface area contributed by atoms with E-state index in [0.717, 1.165) is 24.0 Å². The van der Waals surface area contributed by atoms with Crippen LogP contribution in [-0.2, 0) is 21.6 Å². The van der Waals surface area contributed by atoms with Crippen LogP contribution in [0.1, 0.15) is 24.2 Å². The molecule has 6 nitrogen and oxygen atoms in total. The number of benzene rings is 1. The second-order valence-corrected chi connectivity index (χ2v) is 5.14. The Morgan fingerprint density at radius 3 is 2.86 bits per heavy atom. The van der Waals surface area contributed by atoms with Crippen molar-refractivity contribution in [2.24, 2.45) is 5.73 Å². The summed E-state index contributed by atoms with van der Waals surface area (Å²) < 4.78 is 16.5. The maximum Gasteiger partial charge on any atom is 0.258 e. The monoisotopic (exact) mass is 289 g/mol. The number of ether oxygens (including phenoxy) is 2. The van der Waals surface area contributed by atoms with E-state index in [4.69, 9.17) is 19.7 Å². The first-order chi connectivity index (χ1) is 10.3. The zero-order valence-corrected chi connectivity index (χ0v) is 12.0. The zero-order chi connectivity index (χ0) is 14.7. The lowest BCUT2D eigenvalue weighted by Gasteiger charge is -2.32. The van der Waals surface area contributed by atoms with Gasteiger partial charge in [0, 0.05) is 45.3 Å². The summed E-state index contributed by atoms with van der Waals surface area (Å²) in [5.74, 6) is 1.07. The van der Waals surface area contributed by atoms with Gasteiger partial charge in [0.25, 0.3) is 5.89 Å². The lowest BCUT2D eigenvalue weighted by atomic mass is 9.93. The van der Waals surface area contributed by atoms with Crippen LogP contribution in [0.3, 0.4) is 0 Å². The van der Waals surface area contributed by atoms with E-state index in [1.807, 2.05) is 24.3 Å². The van der Waals surface area contributed by atoms with E-state index in [1.54, 1.807) is 7.11 Å². The van der Waals surface area contributed by atoms with E-state index in [1.165, 1.54) is 0 Å². The average molecular weight is 289 g/mol. The minimum absolute atomic E-state index is 0.480. The maximum atomic E-state index is 5.67. The van der Waals surface area contributed by atoms with Crippen molar-refractivity contribution < 1.29 is 14.0 Å². The quantitative estimate of drug-likeness (QED) is 0.924. The van der Waals surface area contributed by atoms with Gasteiger partial charge in [-0.1, -0.05) is 17.3 Å². The first kappa shape index (κ1) is 14.2. The van der Waals surface area contributed by atoms with Crippen LogP contribution in [0.25, 0.3) is 11.5 Å². The van der Waals surface area contributed by atoms with Crippen molar-refractivity contribution in [3.8, 4) is 11.5 Å². The van der Waals surface area contributed by atoms with Crippen LogP contribution in [-0.4, -0.2) is 30.5 Å². The van der Waals surface area contributed by atoms with Gasteiger partial charge in [-0.25, -0.2) is 0 Å². The molecule has 0 aliphatic carbocycles. The molecule has 1 saturated heterocycles. The summed E-state index contributed by atoms with van der Waals surface area (Å²) in [6.45, 7) is 1.76. The van der Waals surface area contributed by atoms with E-state index in [9.17, 15) is 0 Å². The lowest BCUT2D eigenvalue weighted by Crippen LogP contribution is -2.36. The number of aromatic nitrogens is 2. The Hall–Kier alpha value is -1.76. The average Bonchev–Trinajstić information content (AvgIpc) is 3.06. The summed E-state index contributed by atoms with van der Waals surface area (Å²) in [6, 6.07) is 7.79. The van der Waals surface area contributed by atoms with Gasteiger partial charge in [0.1, 0.15) is 5.60 Å². The third-order valence-corrected chi connectivity index (χ3v) is 3.93. The molecule has 0 bridgehead atoms. The number of rotatable bonds is 4. The molecule has 21 heavy (non-hydrogen) atoms. The molecule has 0 atom stereocenters. The van der Waals surface area contributed by atoms with Crippen molar-refractivity contribution in [2.75, 3.05) is 20.3 Å². The van der Waals surface area contributed by atoms with E-state index < -0.39 is 5.60 Å². The van der Waals surface area contributed by atoms with Crippen molar-refractivity contribution >= 4 is 0 Å². The molecule has 0 spiro atoms. The first-order valence-electron chi connectivity index (χ1n) is 7.04. The van der Waals surface area contributed by atoms with Gasteiger partial charge in [0.05, 0.1) is 0 Å². The van der Waals surface area contributed by atoms with Gasteiger partial charge in [0.2, 0.25) is 5.82 Å². The molecule has 2 aromatic rings. The standard InChI is InChI=1S/C15H19N3O3/c1-19-15(5-7-20-8-6-15)14-17-13(21-18-14)12-4-2-3-11(9-12)10-16/h2-4,9H,5-8,10,16H2,1H3. The molecule has 1 fully saturated rings. The Balaban J connectivity index is 1.91. The topological polar surface area (TPSA) is 83.4 Å². The molecule has 0 saturated carbocycles. The predicted octanol–water partition coefficient (Wildman–Crippen LogP) is 1.85. The minimum atomic E-state index is -0.508. The fraction of sp³-hybridized carbons (Fsp3) is 0.467. The Bertz CT molecular complexity index is 606. The molecule has 0 radical (unpaired) electrons. The molecular formula is C15H19N3O3. The minimum Gasteiger partial charge on any atom is -0.381 e. The Morgan fingerprint density at radius 2 is 2.14 bits per heavy atom. The van der Waals surface area contributed by atoms with Crippen molar-refractivity contribution in [1.82, 2.24) is 10.1 Å². The van der Waals surface area contributed by atoms with Crippen LogP contribution < -0.4 is 5.73 Å². The highest BCUT2D eigenvalue weighted by Gasteiger charge is 2.39. The van der Waals surface area contributed by atoms with Gasteiger partial charge in [-0.05, 0) is 17.7 Å². The van der Waals surface area contributed by atoms with Crippen LogP contribution in [0, 0.1) is 0 Å². The Kier molecular flexibility index (Phi) is 4.01. The van der Waals surface area contributed by atoms with Gasteiger partial charge in [0.15, 0.2) is 0 Å². The summed E-state index contributed by atoms with van der Waals surface area (Å²) >= 11 is 0. The van der Waals surface area contributed by atoms with Crippen LogP contribution in [0.4, 0.5) is 0 Å². The van der Waals surface area contributed by atoms with Gasteiger partial charge in [-0.2, -0.15) is 4.98 Å². The number of hydrogen-bond acceptors (Lipinski definition) is 6. The molecule has 6 heteroatoms. The molecule has 2 N–H and O–H groups in total. The Labute approximate surface area is 123 Å². The van der Waals surface area contributed by atoms with Crippen molar-refractivity contribution in [3.05, 3.63) is 35.7 Å². The molecule has 1 aliphatic rings. The second-order valence-electron chi connectivity index (χ2n) is 5.14. The van der Waals surface area contributed by atoms with Crippen LogP contribution in [0.15, 0.2) is 28.8 Å². The van der Waals surface area contributed by atoms with Crippen molar-refractivity contribution in [3.63, 3.8) is 0 Å². The number of methoxy groups -OCH3 is 1. The van der Waals surface area contributed by atoms with Gasteiger partial charge in [-0.15, -0.1) is 0 Å². The van der Waals surface area contributed by atoms with Gasteiger partial charge < -0.3 is 19.7 Å². The third-order valence-electron chi connectivity index (χ3n) is 3.93. The fourth-order valence-corrected chi connectivity index (χ4v) is 2.58. The molecule has 2 heterocycles.